The van der Waals surface area contributed by atoms with Gasteiger partial charge in [-0.2, -0.15) is 0 Å². The Morgan fingerprint density at radius 3 is 2.47 bits per heavy atom. The summed E-state index contributed by atoms with van der Waals surface area (Å²) < 4.78 is 23.3. The van der Waals surface area contributed by atoms with Gasteiger partial charge in [0.05, 0.1) is 29.9 Å². The second-order valence-corrected chi connectivity index (χ2v) is 5.54. The normalized spacial score (nSPS) is 23.5. The van der Waals surface area contributed by atoms with Crippen LogP contribution in [0.4, 0.5) is 4.39 Å². The summed E-state index contributed by atoms with van der Waals surface area (Å²) in [6, 6.07) is 5.60. The number of aryl methyl sites for hydroxylation is 1. The highest BCUT2D eigenvalue weighted by molar-refractivity contribution is 6.42. The maximum Gasteiger partial charge on any atom is 0.157 e. The summed E-state index contributed by atoms with van der Waals surface area (Å²) in [5, 5.41) is 1.12. The van der Waals surface area contributed by atoms with Crippen LogP contribution < -0.4 is 0 Å². The molecule has 0 N–H and O–H groups in total. The molecular formula is C14H17Cl2FO2. The second-order valence-electron chi connectivity index (χ2n) is 4.73. The molecule has 0 spiro atoms. The zero-order chi connectivity index (χ0) is 13.7. The molecule has 0 saturated carbocycles. The average molecular weight is 307 g/mol. The highest BCUT2D eigenvalue weighted by Gasteiger charge is 2.21. The summed E-state index contributed by atoms with van der Waals surface area (Å²) in [6.07, 6.45) is 1.89. The molecule has 0 aliphatic carbocycles. The quantitative estimate of drug-likeness (QED) is 0.808. The maximum absolute atomic E-state index is 12.2. The standard InChI is InChI=1S/C14H17Cl2FO2/c15-12-3-1-10(7-13(12)16)2-4-14-18-8-11(5-6-17)9-19-14/h1,3,7,11,14H,2,4-6,8-9H2. The van der Waals surface area contributed by atoms with E-state index in [-0.39, 0.29) is 18.9 Å². The van der Waals surface area contributed by atoms with Gasteiger partial charge < -0.3 is 9.47 Å². The Balaban J connectivity index is 1.75. The van der Waals surface area contributed by atoms with Crippen LogP contribution in [0.3, 0.4) is 0 Å². The van der Waals surface area contributed by atoms with Gasteiger partial charge >= 0.3 is 0 Å². The van der Waals surface area contributed by atoms with Gasteiger partial charge in [0.2, 0.25) is 0 Å². The number of benzene rings is 1. The van der Waals surface area contributed by atoms with Crippen LogP contribution in [0.5, 0.6) is 0 Å². The minimum Gasteiger partial charge on any atom is -0.352 e. The van der Waals surface area contributed by atoms with Crippen LogP contribution >= 0.6 is 23.2 Å². The Hall–Kier alpha value is -0.350. The van der Waals surface area contributed by atoms with E-state index in [1.807, 2.05) is 12.1 Å². The van der Waals surface area contributed by atoms with Crippen LogP contribution in [-0.4, -0.2) is 26.2 Å². The van der Waals surface area contributed by atoms with Gasteiger partial charge in [-0.3, -0.25) is 4.39 Å². The summed E-state index contributed by atoms with van der Waals surface area (Å²) in [6.45, 7) is 0.844. The van der Waals surface area contributed by atoms with Crippen LogP contribution in [0.15, 0.2) is 18.2 Å². The first-order valence-corrected chi connectivity index (χ1v) is 7.17. The lowest BCUT2D eigenvalue weighted by Crippen LogP contribution is -2.32. The molecule has 2 nitrogen and oxygen atoms in total. The predicted octanol–water partition coefficient (Wildman–Crippen LogP) is 4.27. The topological polar surface area (TPSA) is 18.5 Å². The molecule has 0 amide bonds. The van der Waals surface area contributed by atoms with Crippen molar-refractivity contribution in [3.05, 3.63) is 33.8 Å². The molecule has 5 heteroatoms. The predicted molar refractivity (Wildman–Crippen MR) is 74.6 cm³/mol. The number of alkyl halides is 1. The summed E-state index contributed by atoms with van der Waals surface area (Å²) >= 11 is 11.8. The lowest BCUT2D eigenvalue weighted by molar-refractivity contribution is -0.203. The number of ether oxygens (including phenoxy) is 2. The summed E-state index contributed by atoms with van der Waals surface area (Å²) in [5.74, 6) is 0.186. The highest BCUT2D eigenvalue weighted by Crippen LogP contribution is 2.24. The van der Waals surface area contributed by atoms with E-state index in [9.17, 15) is 4.39 Å². The largest absolute Gasteiger partial charge is 0.352 e. The molecule has 1 aliphatic heterocycles. The van der Waals surface area contributed by atoms with Crippen molar-refractivity contribution in [2.24, 2.45) is 5.92 Å². The molecule has 106 valence electrons. The second kappa shape index (κ2) is 7.44. The zero-order valence-electron chi connectivity index (χ0n) is 10.6. The fourth-order valence-corrected chi connectivity index (χ4v) is 2.37. The van der Waals surface area contributed by atoms with Gasteiger partial charge in [0.25, 0.3) is 0 Å². The first kappa shape index (κ1) is 15.0. The van der Waals surface area contributed by atoms with E-state index in [4.69, 9.17) is 32.7 Å². The van der Waals surface area contributed by atoms with Crippen molar-refractivity contribution < 1.29 is 13.9 Å². The molecule has 0 unspecified atom stereocenters. The number of hydrogen-bond acceptors (Lipinski definition) is 2. The molecule has 1 fully saturated rings. The Bertz CT molecular complexity index is 406. The van der Waals surface area contributed by atoms with Crippen molar-refractivity contribution in [3.8, 4) is 0 Å². The van der Waals surface area contributed by atoms with Gasteiger partial charge in [0.15, 0.2) is 6.29 Å². The molecule has 0 aromatic heterocycles. The molecule has 0 radical (unpaired) electrons. The van der Waals surface area contributed by atoms with Gasteiger partial charge in [-0.05, 0) is 30.5 Å². The van der Waals surface area contributed by atoms with E-state index in [0.717, 1.165) is 18.4 Å². The Morgan fingerprint density at radius 1 is 1.11 bits per heavy atom. The first-order chi connectivity index (χ1) is 9.19. The molecule has 0 atom stereocenters. The fourth-order valence-electron chi connectivity index (χ4n) is 2.05. The van der Waals surface area contributed by atoms with Gasteiger partial charge in [-0.15, -0.1) is 0 Å². The van der Waals surface area contributed by atoms with E-state index in [0.29, 0.717) is 29.7 Å². The molecule has 1 aromatic rings. The lowest BCUT2D eigenvalue weighted by atomic mass is 10.1. The molecule has 1 aromatic carbocycles. The van der Waals surface area contributed by atoms with E-state index in [2.05, 4.69) is 0 Å². The molecule has 19 heavy (non-hydrogen) atoms. The number of halogens is 3. The Labute approximate surface area is 122 Å². The van der Waals surface area contributed by atoms with Crippen LogP contribution in [0.25, 0.3) is 0 Å². The van der Waals surface area contributed by atoms with Crippen LogP contribution in [0, 0.1) is 5.92 Å². The summed E-state index contributed by atoms with van der Waals surface area (Å²) in [4.78, 5) is 0. The molecule has 1 saturated heterocycles. The van der Waals surface area contributed by atoms with E-state index in [1.165, 1.54) is 0 Å². The van der Waals surface area contributed by atoms with Crippen molar-refractivity contribution in [2.45, 2.75) is 25.6 Å². The van der Waals surface area contributed by atoms with Crippen LogP contribution in [0.1, 0.15) is 18.4 Å². The third-order valence-corrected chi connectivity index (χ3v) is 3.94. The van der Waals surface area contributed by atoms with Crippen molar-refractivity contribution in [2.75, 3.05) is 19.9 Å². The minimum atomic E-state index is -0.314. The van der Waals surface area contributed by atoms with E-state index >= 15 is 0 Å². The number of hydrogen-bond donors (Lipinski definition) is 0. The van der Waals surface area contributed by atoms with Crippen LogP contribution in [0.2, 0.25) is 10.0 Å². The Morgan fingerprint density at radius 2 is 1.84 bits per heavy atom. The number of rotatable bonds is 5. The van der Waals surface area contributed by atoms with Gasteiger partial charge in [0, 0.05) is 12.3 Å². The fraction of sp³-hybridized carbons (Fsp3) is 0.571. The van der Waals surface area contributed by atoms with Crippen molar-refractivity contribution in [1.82, 2.24) is 0 Å². The first-order valence-electron chi connectivity index (χ1n) is 6.42. The maximum atomic E-state index is 12.2. The third kappa shape index (κ3) is 4.60. The Kier molecular flexibility index (Phi) is 5.89. The van der Waals surface area contributed by atoms with Crippen molar-refractivity contribution in [3.63, 3.8) is 0 Å². The molecular weight excluding hydrogens is 290 g/mol. The molecule has 2 rings (SSSR count). The van der Waals surface area contributed by atoms with Gasteiger partial charge in [-0.25, -0.2) is 0 Å². The highest BCUT2D eigenvalue weighted by atomic mass is 35.5. The summed E-state index contributed by atoms with van der Waals surface area (Å²) in [7, 11) is 0. The van der Waals surface area contributed by atoms with Crippen molar-refractivity contribution >= 4 is 23.2 Å². The van der Waals surface area contributed by atoms with Gasteiger partial charge in [0.1, 0.15) is 0 Å². The minimum absolute atomic E-state index is 0.186. The van der Waals surface area contributed by atoms with Crippen LogP contribution in [-0.2, 0) is 15.9 Å². The van der Waals surface area contributed by atoms with Gasteiger partial charge in [-0.1, -0.05) is 29.3 Å². The summed E-state index contributed by atoms with van der Waals surface area (Å²) in [5.41, 5.74) is 1.10. The monoisotopic (exact) mass is 306 g/mol. The van der Waals surface area contributed by atoms with E-state index < -0.39 is 0 Å². The third-order valence-electron chi connectivity index (χ3n) is 3.21. The zero-order valence-corrected chi connectivity index (χ0v) is 12.1. The SMILES string of the molecule is FCCC1COC(CCc2ccc(Cl)c(Cl)c2)OC1. The molecule has 1 heterocycles. The molecule has 1 aliphatic rings. The smallest absolute Gasteiger partial charge is 0.157 e. The molecule has 0 bridgehead atoms. The lowest BCUT2D eigenvalue weighted by Gasteiger charge is -2.29. The van der Waals surface area contributed by atoms with Crippen molar-refractivity contribution in [1.29, 1.82) is 0 Å². The average Bonchev–Trinajstić information content (AvgIpc) is 2.42. The van der Waals surface area contributed by atoms with E-state index in [1.54, 1.807) is 6.07 Å².